The number of nitrogens with one attached hydrogen (secondary N) is 2. The minimum Gasteiger partial charge on any atom is -0.399 e. The van der Waals surface area contributed by atoms with Gasteiger partial charge in [-0.3, -0.25) is 0 Å². The van der Waals surface area contributed by atoms with Crippen molar-refractivity contribution in [2.45, 2.75) is 0 Å². The van der Waals surface area contributed by atoms with Crippen LogP contribution in [0.25, 0.3) is 0 Å². The Balaban J connectivity index is 2.72. The fourth-order valence-electron chi connectivity index (χ4n) is 1.13. The molecule has 0 atom stereocenters. The van der Waals surface area contributed by atoms with E-state index in [1.165, 1.54) is 0 Å². The number of benzene rings is 1. The predicted molar refractivity (Wildman–Crippen MR) is 58.0 cm³/mol. The Kier molecular flexibility index (Phi) is 3.77. The summed E-state index contributed by atoms with van der Waals surface area (Å²) in [6, 6.07) is 7.37. The van der Waals surface area contributed by atoms with E-state index < -0.39 is 0 Å². The van der Waals surface area contributed by atoms with Crippen molar-refractivity contribution in [1.82, 2.24) is 5.32 Å². The molecule has 0 aliphatic heterocycles. The van der Waals surface area contributed by atoms with Crippen molar-refractivity contribution >= 4 is 11.4 Å². The zero-order valence-corrected chi connectivity index (χ0v) is 8.17. The summed E-state index contributed by atoms with van der Waals surface area (Å²) in [4.78, 5) is 0. The Labute approximate surface area is 83.7 Å². The Bertz CT molecular complexity index is 340. The highest BCUT2D eigenvalue weighted by atomic mass is 14.9. The molecule has 0 unspecified atom stereocenters. The van der Waals surface area contributed by atoms with E-state index in [0.29, 0.717) is 11.3 Å². The molecule has 0 fully saturated rings. The molecule has 0 radical (unpaired) electrons. The maximum absolute atomic E-state index is 8.84. The van der Waals surface area contributed by atoms with Crippen molar-refractivity contribution in [1.29, 1.82) is 5.26 Å². The lowest BCUT2D eigenvalue weighted by atomic mass is 10.1. The van der Waals surface area contributed by atoms with Gasteiger partial charge in [0.2, 0.25) is 0 Å². The van der Waals surface area contributed by atoms with Crippen LogP contribution in [-0.4, -0.2) is 20.1 Å². The van der Waals surface area contributed by atoms with Crippen molar-refractivity contribution in [2.24, 2.45) is 0 Å². The van der Waals surface area contributed by atoms with E-state index in [1.807, 2.05) is 13.1 Å². The van der Waals surface area contributed by atoms with Crippen molar-refractivity contribution in [3.63, 3.8) is 0 Å². The molecule has 0 heterocycles. The predicted octanol–water partition coefficient (Wildman–Crippen LogP) is 0.772. The Morgan fingerprint density at radius 1 is 1.43 bits per heavy atom. The fourth-order valence-corrected chi connectivity index (χ4v) is 1.13. The van der Waals surface area contributed by atoms with Crippen molar-refractivity contribution in [2.75, 3.05) is 31.2 Å². The standard InChI is InChI=1S/C10H14N4/c1-13-4-5-14-10-3-2-9(12)6-8(10)7-11/h2-3,6,13-14H,4-5,12H2,1H3. The first-order chi connectivity index (χ1) is 6.77. The summed E-state index contributed by atoms with van der Waals surface area (Å²) in [6.07, 6.45) is 0. The van der Waals surface area contributed by atoms with Gasteiger partial charge in [0.1, 0.15) is 6.07 Å². The summed E-state index contributed by atoms with van der Waals surface area (Å²) in [7, 11) is 1.88. The lowest BCUT2D eigenvalue weighted by molar-refractivity contribution is 0.823. The van der Waals surface area contributed by atoms with Crippen LogP contribution in [0.1, 0.15) is 5.56 Å². The van der Waals surface area contributed by atoms with Crippen molar-refractivity contribution in [3.05, 3.63) is 23.8 Å². The second kappa shape index (κ2) is 5.10. The molecule has 0 spiro atoms. The number of likely N-dealkylation sites (N-methyl/N-ethyl adjacent to an activating group) is 1. The van der Waals surface area contributed by atoms with E-state index in [9.17, 15) is 0 Å². The molecule has 1 rings (SSSR count). The molecule has 0 aromatic heterocycles. The third kappa shape index (κ3) is 2.64. The quantitative estimate of drug-likeness (QED) is 0.484. The molecular weight excluding hydrogens is 176 g/mol. The number of nitrogens with zero attached hydrogens (tertiary/aromatic N) is 1. The number of nitriles is 1. The largest absolute Gasteiger partial charge is 0.399 e. The third-order valence-electron chi connectivity index (χ3n) is 1.85. The minimum absolute atomic E-state index is 0.584. The van der Waals surface area contributed by atoms with Gasteiger partial charge in [-0.1, -0.05) is 0 Å². The molecule has 1 aromatic rings. The molecule has 0 saturated heterocycles. The van der Waals surface area contributed by atoms with Gasteiger partial charge in [-0.15, -0.1) is 0 Å². The second-order valence-electron chi connectivity index (χ2n) is 2.95. The molecule has 0 aliphatic rings. The van der Waals surface area contributed by atoms with Gasteiger partial charge in [-0.25, -0.2) is 0 Å². The number of anilines is 2. The molecule has 0 amide bonds. The Morgan fingerprint density at radius 2 is 2.21 bits per heavy atom. The molecule has 4 N–H and O–H groups in total. The van der Waals surface area contributed by atoms with Crippen LogP contribution < -0.4 is 16.4 Å². The summed E-state index contributed by atoms with van der Waals surface area (Å²) in [5.41, 5.74) is 7.59. The van der Waals surface area contributed by atoms with Gasteiger partial charge in [0.05, 0.1) is 11.3 Å². The second-order valence-corrected chi connectivity index (χ2v) is 2.95. The lowest BCUT2D eigenvalue weighted by Gasteiger charge is -2.07. The van der Waals surface area contributed by atoms with E-state index in [0.717, 1.165) is 18.8 Å². The summed E-state index contributed by atoms with van der Waals surface area (Å²) >= 11 is 0. The third-order valence-corrected chi connectivity index (χ3v) is 1.85. The lowest BCUT2D eigenvalue weighted by Crippen LogP contribution is -2.18. The SMILES string of the molecule is CNCCNc1ccc(N)cc1C#N. The Hall–Kier alpha value is -1.73. The van der Waals surface area contributed by atoms with Gasteiger partial charge in [-0.2, -0.15) is 5.26 Å². The molecule has 4 nitrogen and oxygen atoms in total. The smallest absolute Gasteiger partial charge is 0.101 e. The van der Waals surface area contributed by atoms with E-state index in [2.05, 4.69) is 16.7 Å². The highest BCUT2D eigenvalue weighted by Crippen LogP contribution is 2.17. The number of hydrogen-bond acceptors (Lipinski definition) is 4. The van der Waals surface area contributed by atoms with Gasteiger partial charge in [-0.05, 0) is 25.2 Å². The van der Waals surface area contributed by atoms with E-state index in [4.69, 9.17) is 11.0 Å². The zero-order chi connectivity index (χ0) is 10.4. The van der Waals surface area contributed by atoms with Crippen LogP contribution in [-0.2, 0) is 0 Å². The van der Waals surface area contributed by atoms with Gasteiger partial charge < -0.3 is 16.4 Å². The van der Waals surface area contributed by atoms with Gasteiger partial charge in [0.15, 0.2) is 0 Å². The minimum atomic E-state index is 0.584. The average molecular weight is 190 g/mol. The summed E-state index contributed by atoms with van der Waals surface area (Å²) < 4.78 is 0. The molecule has 4 heteroatoms. The highest BCUT2D eigenvalue weighted by Gasteiger charge is 2.00. The monoisotopic (exact) mass is 190 g/mol. The molecule has 1 aromatic carbocycles. The fraction of sp³-hybridized carbons (Fsp3) is 0.300. The first-order valence-corrected chi connectivity index (χ1v) is 4.46. The van der Waals surface area contributed by atoms with E-state index in [-0.39, 0.29) is 0 Å². The first kappa shape index (κ1) is 10.4. The van der Waals surface area contributed by atoms with Gasteiger partial charge in [0.25, 0.3) is 0 Å². The number of rotatable bonds is 4. The van der Waals surface area contributed by atoms with Crippen LogP contribution in [0, 0.1) is 11.3 Å². The number of nitrogens with two attached hydrogens (primary N) is 1. The summed E-state index contributed by atoms with van der Waals surface area (Å²) in [5, 5.41) is 15.0. The summed E-state index contributed by atoms with van der Waals surface area (Å²) in [5.74, 6) is 0. The average Bonchev–Trinajstić information content (AvgIpc) is 2.20. The van der Waals surface area contributed by atoms with Crippen LogP contribution in [0.5, 0.6) is 0 Å². The van der Waals surface area contributed by atoms with E-state index in [1.54, 1.807) is 12.1 Å². The molecular formula is C10H14N4. The Morgan fingerprint density at radius 3 is 2.86 bits per heavy atom. The zero-order valence-electron chi connectivity index (χ0n) is 8.17. The number of hydrogen-bond donors (Lipinski definition) is 3. The van der Waals surface area contributed by atoms with Crippen LogP contribution >= 0.6 is 0 Å². The van der Waals surface area contributed by atoms with Gasteiger partial charge >= 0.3 is 0 Å². The van der Waals surface area contributed by atoms with Crippen LogP contribution in [0.3, 0.4) is 0 Å². The van der Waals surface area contributed by atoms with E-state index >= 15 is 0 Å². The topological polar surface area (TPSA) is 73.9 Å². The molecule has 0 saturated carbocycles. The number of nitrogen functional groups attached to an aromatic ring is 1. The van der Waals surface area contributed by atoms with Crippen LogP contribution in [0.2, 0.25) is 0 Å². The van der Waals surface area contributed by atoms with Crippen molar-refractivity contribution < 1.29 is 0 Å². The first-order valence-electron chi connectivity index (χ1n) is 4.46. The molecule has 0 aliphatic carbocycles. The normalized spacial score (nSPS) is 9.43. The van der Waals surface area contributed by atoms with Crippen LogP contribution in [0.15, 0.2) is 18.2 Å². The van der Waals surface area contributed by atoms with Crippen LogP contribution in [0.4, 0.5) is 11.4 Å². The molecule has 14 heavy (non-hydrogen) atoms. The van der Waals surface area contributed by atoms with Crippen molar-refractivity contribution in [3.8, 4) is 6.07 Å². The summed E-state index contributed by atoms with van der Waals surface area (Å²) in [6.45, 7) is 1.64. The maximum Gasteiger partial charge on any atom is 0.101 e. The molecule has 0 bridgehead atoms. The highest BCUT2D eigenvalue weighted by molar-refractivity contribution is 5.62. The molecule has 74 valence electrons. The maximum atomic E-state index is 8.84. The van der Waals surface area contributed by atoms with Gasteiger partial charge in [0, 0.05) is 18.8 Å².